The number of hydrogen-bond donors (Lipinski definition) is 1. The Bertz CT molecular complexity index is 632. The molecule has 6 nitrogen and oxygen atoms in total. The number of benzene rings is 1. The van der Waals surface area contributed by atoms with Crippen LogP contribution >= 0.6 is 0 Å². The number of aryl methyl sites for hydroxylation is 1. The molecular weight excluding hydrogens is 282 g/mol. The Balaban J connectivity index is 3.02. The summed E-state index contributed by atoms with van der Waals surface area (Å²) in [5, 5.41) is 0. The van der Waals surface area contributed by atoms with E-state index in [0.29, 0.717) is 0 Å². The number of rotatable bonds is 5. The molecule has 0 aliphatic rings. The molecule has 0 radical (unpaired) electrons. The summed E-state index contributed by atoms with van der Waals surface area (Å²) in [5.74, 6) is -4.14. The molecule has 0 spiro atoms. The van der Waals surface area contributed by atoms with Gasteiger partial charge in [-0.05, 0) is 32.9 Å². The van der Waals surface area contributed by atoms with Crippen LogP contribution in [0, 0.1) is 12.8 Å². The van der Waals surface area contributed by atoms with Gasteiger partial charge in [0.25, 0.3) is 15.9 Å². The molecule has 108 valence electrons. The van der Waals surface area contributed by atoms with Crippen LogP contribution in [0.25, 0.3) is 0 Å². The van der Waals surface area contributed by atoms with Crippen LogP contribution in [0.2, 0.25) is 0 Å². The predicted molar refractivity (Wildman–Crippen MR) is 71.4 cm³/mol. The molecule has 0 saturated carbocycles. The van der Waals surface area contributed by atoms with Gasteiger partial charge in [-0.15, -0.1) is 0 Å². The van der Waals surface area contributed by atoms with Crippen LogP contribution in [-0.4, -0.2) is 25.9 Å². The van der Waals surface area contributed by atoms with E-state index in [1.54, 1.807) is 23.8 Å². The first-order valence-electron chi connectivity index (χ1n) is 5.79. The van der Waals surface area contributed by atoms with E-state index >= 15 is 0 Å². The average Bonchev–Trinajstić information content (AvgIpc) is 2.27. The number of sulfonamides is 1. The minimum atomic E-state index is -4.09. The van der Waals surface area contributed by atoms with E-state index in [1.165, 1.54) is 12.1 Å². The Morgan fingerprint density at radius 1 is 1.00 bits per heavy atom. The van der Waals surface area contributed by atoms with Gasteiger partial charge in [0.15, 0.2) is 5.92 Å². The molecule has 1 rings (SSSR count). The first-order chi connectivity index (χ1) is 9.15. The molecule has 1 amide bonds. The largest absolute Gasteiger partial charge is 0.299 e. The highest BCUT2D eigenvalue weighted by atomic mass is 32.2. The third kappa shape index (κ3) is 3.74. The van der Waals surface area contributed by atoms with Gasteiger partial charge in [-0.1, -0.05) is 17.7 Å². The molecule has 0 aliphatic carbocycles. The highest BCUT2D eigenvalue weighted by Gasteiger charge is 2.31. The fourth-order valence-electron chi connectivity index (χ4n) is 1.62. The lowest BCUT2D eigenvalue weighted by Crippen LogP contribution is -2.41. The van der Waals surface area contributed by atoms with Crippen molar-refractivity contribution in [3.05, 3.63) is 29.8 Å². The van der Waals surface area contributed by atoms with Gasteiger partial charge in [0.1, 0.15) is 11.6 Å². The highest BCUT2D eigenvalue weighted by Crippen LogP contribution is 2.11. The summed E-state index contributed by atoms with van der Waals surface area (Å²) in [6.07, 6.45) is 0. The Hall–Kier alpha value is -2.02. The summed E-state index contributed by atoms with van der Waals surface area (Å²) >= 11 is 0. The summed E-state index contributed by atoms with van der Waals surface area (Å²) < 4.78 is 25.6. The van der Waals surface area contributed by atoms with Gasteiger partial charge in [-0.25, -0.2) is 13.1 Å². The molecule has 0 unspecified atom stereocenters. The fraction of sp³-hybridized carbons (Fsp3) is 0.308. The van der Waals surface area contributed by atoms with E-state index in [1.807, 2.05) is 0 Å². The zero-order valence-electron chi connectivity index (χ0n) is 11.3. The second-order valence-corrected chi connectivity index (χ2v) is 6.12. The molecule has 0 aromatic heterocycles. The second kappa shape index (κ2) is 5.96. The van der Waals surface area contributed by atoms with Gasteiger partial charge in [-0.2, -0.15) is 0 Å². The lowest BCUT2D eigenvalue weighted by molar-refractivity contribution is -0.138. The van der Waals surface area contributed by atoms with E-state index in [-0.39, 0.29) is 4.90 Å². The highest BCUT2D eigenvalue weighted by molar-refractivity contribution is 7.90. The van der Waals surface area contributed by atoms with Gasteiger partial charge in [0, 0.05) is 0 Å². The van der Waals surface area contributed by atoms with Crippen LogP contribution in [0.3, 0.4) is 0 Å². The second-order valence-electron chi connectivity index (χ2n) is 4.44. The lowest BCUT2D eigenvalue weighted by Gasteiger charge is -2.11. The normalized spacial score (nSPS) is 11.2. The van der Waals surface area contributed by atoms with E-state index in [9.17, 15) is 22.8 Å². The van der Waals surface area contributed by atoms with Crippen molar-refractivity contribution >= 4 is 27.5 Å². The SMILES string of the molecule is CC(=O)C(C(C)=O)C(=O)NS(=O)(=O)c1ccc(C)cc1. The van der Waals surface area contributed by atoms with E-state index in [2.05, 4.69) is 0 Å². The molecule has 7 heteroatoms. The molecule has 0 heterocycles. The van der Waals surface area contributed by atoms with Crippen LogP contribution in [-0.2, 0) is 24.4 Å². The van der Waals surface area contributed by atoms with Crippen LogP contribution < -0.4 is 4.72 Å². The Morgan fingerprint density at radius 3 is 1.85 bits per heavy atom. The zero-order valence-corrected chi connectivity index (χ0v) is 12.2. The maximum atomic E-state index is 11.9. The predicted octanol–water partition coefficient (Wildman–Crippen LogP) is 0.594. The number of carbonyl (C=O) groups excluding carboxylic acids is 3. The summed E-state index contributed by atoms with van der Waals surface area (Å²) in [7, 11) is -4.09. The van der Waals surface area contributed by atoms with Gasteiger partial charge < -0.3 is 0 Å². The molecule has 0 fully saturated rings. The Morgan fingerprint density at radius 2 is 1.45 bits per heavy atom. The van der Waals surface area contributed by atoms with Crippen molar-refractivity contribution in [1.82, 2.24) is 4.72 Å². The van der Waals surface area contributed by atoms with Crippen molar-refractivity contribution in [3.63, 3.8) is 0 Å². The number of amides is 1. The van der Waals surface area contributed by atoms with Crippen LogP contribution in [0.4, 0.5) is 0 Å². The number of Topliss-reactive ketones (excluding diaryl/α,β-unsaturated/α-hetero) is 2. The van der Waals surface area contributed by atoms with Crippen LogP contribution in [0.1, 0.15) is 19.4 Å². The summed E-state index contributed by atoms with van der Waals surface area (Å²) in [6, 6.07) is 5.82. The molecule has 1 N–H and O–H groups in total. The first-order valence-corrected chi connectivity index (χ1v) is 7.27. The van der Waals surface area contributed by atoms with E-state index in [0.717, 1.165) is 19.4 Å². The monoisotopic (exact) mass is 297 g/mol. The van der Waals surface area contributed by atoms with Crippen molar-refractivity contribution in [2.75, 3.05) is 0 Å². The molecule has 1 aromatic carbocycles. The third-order valence-corrected chi connectivity index (χ3v) is 4.00. The number of hydrogen-bond acceptors (Lipinski definition) is 5. The van der Waals surface area contributed by atoms with Crippen LogP contribution in [0.5, 0.6) is 0 Å². The minimum Gasteiger partial charge on any atom is -0.299 e. The van der Waals surface area contributed by atoms with Crippen molar-refractivity contribution in [1.29, 1.82) is 0 Å². The fourth-order valence-corrected chi connectivity index (χ4v) is 2.62. The number of carbonyl (C=O) groups is 3. The quantitative estimate of drug-likeness (QED) is 0.802. The van der Waals surface area contributed by atoms with Gasteiger partial charge >= 0.3 is 0 Å². The minimum absolute atomic E-state index is 0.109. The molecule has 0 saturated heterocycles. The first kappa shape index (κ1) is 16.0. The van der Waals surface area contributed by atoms with Crippen molar-refractivity contribution in [2.45, 2.75) is 25.7 Å². The maximum absolute atomic E-state index is 11.9. The third-order valence-electron chi connectivity index (χ3n) is 2.64. The standard InChI is InChI=1S/C13H15NO5S/c1-8-4-6-11(7-5-8)20(18,19)14-13(17)12(9(2)15)10(3)16/h4-7,12H,1-3H3,(H,14,17). The lowest BCUT2D eigenvalue weighted by atomic mass is 10.0. The molecule has 0 bridgehead atoms. The van der Waals surface area contributed by atoms with Crippen molar-refractivity contribution in [2.24, 2.45) is 5.92 Å². The summed E-state index contributed by atoms with van der Waals surface area (Å²) in [4.78, 5) is 34.1. The Kier molecular flexibility index (Phi) is 4.78. The zero-order chi connectivity index (χ0) is 15.5. The molecule has 0 aliphatic heterocycles. The summed E-state index contributed by atoms with van der Waals surface area (Å²) in [5.41, 5.74) is 0.862. The molecule has 20 heavy (non-hydrogen) atoms. The molecular formula is C13H15NO5S. The van der Waals surface area contributed by atoms with Gasteiger partial charge in [-0.3, -0.25) is 14.4 Å². The van der Waals surface area contributed by atoms with Gasteiger partial charge in [0.05, 0.1) is 4.90 Å². The average molecular weight is 297 g/mol. The van der Waals surface area contributed by atoms with Gasteiger partial charge in [0.2, 0.25) is 0 Å². The van der Waals surface area contributed by atoms with Crippen LogP contribution in [0.15, 0.2) is 29.2 Å². The maximum Gasteiger partial charge on any atom is 0.264 e. The topological polar surface area (TPSA) is 97.4 Å². The smallest absolute Gasteiger partial charge is 0.264 e. The van der Waals surface area contributed by atoms with E-state index < -0.39 is 33.4 Å². The number of nitrogens with one attached hydrogen (secondary N) is 1. The Labute approximate surface area is 117 Å². The molecule has 0 atom stereocenters. The van der Waals surface area contributed by atoms with Crippen molar-refractivity contribution < 1.29 is 22.8 Å². The van der Waals surface area contributed by atoms with Crippen molar-refractivity contribution in [3.8, 4) is 0 Å². The van der Waals surface area contributed by atoms with E-state index in [4.69, 9.17) is 0 Å². The molecule has 1 aromatic rings. The number of ketones is 2. The summed E-state index contributed by atoms with van der Waals surface area (Å²) in [6.45, 7) is 3.91.